The lowest BCUT2D eigenvalue weighted by atomic mass is 10.2. The summed E-state index contributed by atoms with van der Waals surface area (Å²) in [5, 5.41) is 6.56. The first-order chi connectivity index (χ1) is 12.8. The normalized spacial score (nSPS) is 17.4. The number of hydrogen-bond donors (Lipinski definition) is 3. The Hall–Kier alpha value is -2.38. The van der Waals surface area contributed by atoms with Crippen molar-refractivity contribution in [3.8, 4) is 11.3 Å². The highest BCUT2D eigenvalue weighted by molar-refractivity contribution is 5.79. The number of guanidine groups is 1. The molecule has 0 spiro atoms. The second-order valence-electron chi connectivity index (χ2n) is 6.17. The van der Waals surface area contributed by atoms with E-state index < -0.39 is 0 Å². The van der Waals surface area contributed by atoms with Gasteiger partial charge >= 0.3 is 0 Å². The number of aliphatic imine (C=N–C) groups is 1. The summed E-state index contributed by atoms with van der Waals surface area (Å²) < 4.78 is 11.0. The number of nitrogens with one attached hydrogen (secondary N) is 3. The van der Waals surface area contributed by atoms with Crippen LogP contribution in [0.1, 0.15) is 18.7 Å². The fourth-order valence-corrected chi connectivity index (χ4v) is 2.78. The Balaban J connectivity index is 1.35. The molecule has 0 aliphatic carbocycles. The average Bonchev–Trinajstić information content (AvgIpc) is 3.36. The minimum Gasteiger partial charge on any atom is -0.379 e. The Labute approximate surface area is 154 Å². The summed E-state index contributed by atoms with van der Waals surface area (Å²) in [7, 11) is 1.76. The Kier molecular flexibility index (Phi) is 7.04. The van der Waals surface area contributed by atoms with Crippen LogP contribution in [0.4, 0.5) is 0 Å². The molecule has 1 aliphatic rings. The first kappa shape index (κ1) is 18.4. The number of rotatable bonds is 8. The van der Waals surface area contributed by atoms with E-state index in [9.17, 15) is 0 Å². The van der Waals surface area contributed by atoms with Gasteiger partial charge in [0, 0.05) is 26.8 Å². The van der Waals surface area contributed by atoms with Crippen LogP contribution in [0.5, 0.6) is 0 Å². The number of benzene rings is 1. The van der Waals surface area contributed by atoms with Gasteiger partial charge in [-0.25, -0.2) is 4.98 Å². The molecule has 1 atom stereocenters. The van der Waals surface area contributed by atoms with Crippen LogP contribution in [-0.4, -0.2) is 55.4 Å². The van der Waals surface area contributed by atoms with Crippen molar-refractivity contribution in [3.63, 3.8) is 0 Å². The monoisotopic (exact) mass is 357 g/mol. The number of aromatic amines is 1. The Morgan fingerprint density at radius 1 is 1.35 bits per heavy atom. The van der Waals surface area contributed by atoms with E-state index in [1.54, 1.807) is 7.05 Å². The number of hydrogen-bond acceptors (Lipinski definition) is 4. The molecule has 7 heteroatoms. The summed E-state index contributed by atoms with van der Waals surface area (Å²) in [5.41, 5.74) is 2.14. The molecule has 0 saturated carbocycles. The highest BCUT2D eigenvalue weighted by Crippen LogP contribution is 2.15. The summed E-state index contributed by atoms with van der Waals surface area (Å²) in [6.07, 6.45) is 4.05. The van der Waals surface area contributed by atoms with Gasteiger partial charge in [0.05, 0.1) is 31.1 Å². The van der Waals surface area contributed by atoms with Crippen molar-refractivity contribution in [2.24, 2.45) is 4.99 Å². The minimum atomic E-state index is 0.269. The zero-order valence-electron chi connectivity index (χ0n) is 15.2. The summed E-state index contributed by atoms with van der Waals surface area (Å²) >= 11 is 0. The van der Waals surface area contributed by atoms with Gasteiger partial charge < -0.3 is 25.1 Å². The Morgan fingerprint density at radius 2 is 2.23 bits per heavy atom. The van der Waals surface area contributed by atoms with Gasteiger partial charge in [-0.15, -0.1) is 0 Å². The van der Waals surface area contributed by atoms with E-state index in [1.165, 1.54) is 0 Å². The van der Waals surface area contributed by atoms with Gasteiger partial charge in [-0.3, -0.25) is 4.99 Å². The third-order valence-corrected chi connectivity index (χ3v) is 4.22. The second-order valence-corrected chi connectivity index (χ2v) is 6.17. The fourth-order valence-electron chi connectivity index (χ4n) is 2.78. The Bertz CT molecular complexity index is 680. The predicted molar refractivity (Wildman–Crippen MR) is 102 cm³/mol. The van der Waals surface area contributed by atoms with E-state index >= 15 is 0 Å². The van der Waals surface area contributed by atoms with Gasteiger partial charge in [0.25, 0.3) is 0 Å². The van der Waals surface area contributed by atoms with Crippen LogP contribution < -0.4 is 10.6 Å². The Morgan fingerprint density at radius 3 is 3.00 bits per heavy atom. The highest BCUT2D eigenvalue weighted by atomic mass is 16.5. The number of ether oxygens (including phenoxy) is 2. The molecule has 1 aliphatic heterocycles. The van der Waals surface area contributed by atoms with Crippen LogP contribution in [0, 0.1) is 0 Å². The molecule has 0 radical (unpaired) electrons. The van der Waals surface area contributed by atoms with Crippen LogP contribution in [0.25, 0.3) is 11.3 Å². The highest BCUT2D eigenvalue weighted by Gasteiger charge is 2.15. The third kappa shape index (κ3) is 5.57. The summed E-state index contributed by atoms with van der Waals surface area (Å²) in [5.74, 6) is 1.63. The smallest absolute Gasteiger partial charge is 0.191 e. The predicted octanol–water partition coefficient (Wildman–Crippen LogP) is 1.94. The van der Waals surface area contributed by atoms with E-state index in [4.69, 9.17) is 9.47 Å². The van der Waals surface area contributed by atoms with Gasteiger partial charge in [-0.2, -0.15) is 0 Å². The molecule has 1 saturated heterocycles. The van der Waals surface area contributed by atoms with Crippen molar-refractivity contribution in [2.75, 3.05) is 33.4 Å². The molecular weight excluding hydrogens is 330 g/mol. The molecule has 3 rings (SSSR count). The van der Waals surface area contributed by atoms with E-state index in [-0.39, 0.29) is 6.10 Å². The molecule has 1 fully saturated rings. The topological polar surface area (TPSA) is 83.6 Å². The lowest BCUT2D eigenvalue weighted by Crippen LogP contribution is -2.37. The average molecular weight is 357 g/mol. The molecule has 7 nitrogen and oxygen atoms in total. The molecule has 2 aromatic rings. The molecule has 26 heavy (non-hydrogen) atoms. The zero-order chi connectivity index (χ0) is 18.0. The van der Waals surface area contributed by atoms with E-state index in [0.717, 1.165) is 62.2 Å². The lowest BCUT2D eigenvalue weighted by molar-refractivity contribution is 0.0420. The van der Waals surface area contributed by atoms with Gasteiger partial charge in [0.2, 0.25) is 0 Å². The summed E-state index contributed by atoms with van der Waals surface area (Å²) in [6, 6.07) is 10.2. The molecule has 1 unspecified atom stereocenters. The standard InChI is InChI=1S/C19H27N5O2/c1-20-19(21-9-5-10-26-16-8-11-25-14-16)23-13-18-22-12-17(24-18)15-6-3-2-4-7-15/h2-4,6-7,12,16H,5,8-11,13-14H2,1H3,(H,22,24)(H2,20,21,23). The summed E-state index contributed by atoms with van der Waals surface area (Å²) in [6.45, 7) is 3.67. The molecule has 0 amide bonds. The number of aromatic nitrogens is 2. The van der Waals surface area contributed by atoms with Crippen molar-refractivity contribution in [1.29, 1.82) is 0 Å². The molecule has 1 aromatic heterocycles. The molecule has 2 heterocycles. The van der Waals surface area contributed by atoms with Gasteiger partial charge in [-0.05, 0) is 18.4 Å². The molecule has 1 aromatic carbocycles. The van der Waals surface area contributed by atoms with E-state index in [2.05, 4.69) is 37.7 Å². The van der Waals surface area contributed by atoms with E-state index in [1.807, 2.05) is 24.4 Å². The minimum absolute atomic E-state index is 0.269. The van der Waals surface area contributed by atoms with Crippen molar-refractivity contribution in [3.05, 3.63) is 42.4 Å². The zero-order valence-corrected chi connectivity index (χ0v) is 15.2. The SMILES string of the molecule is CN=C(NCCCOC1CCOC1)NCc1ncc(-c2ccccc2)[nH]1. The van der Waals surface area contributed by atoms with Gasteiger partial charge in [-0.1, -0.05) is 30.3 Å². The molecule has 0 bridgehead atoms. The number of H-pyrrole nitrogens is 1. The maximum Gasteiger partial charge on any atom is 0.191 e. The van der Waals surface area contributed by atoms with Gasteiger partial charge in [0.1, 0.15) is 5.82 Å². The molecule has 140 valence electrons. The third-order valence-electron chi connectivity index (χ3n) is 4.22. The van der Waals surface area contributed by atoms with Crippen LogP contribution >= 0.6 is 0 Å². The van der Waals surface area contributed by atoms with Crippen LogP contribution in [0.2, 0.25) is 0 Å². The summed E-state index contributed by atoms with van der Waals surface area (Å²) in [4.78, 5) is 12.0. The number of nitrogens with zero attached hydrogens (tertiary/aromatic N) is 2. The number of imidazole rings is 1. The fraction of sp³-hybridized carbons (Fsp3) is 0.474. The first-order valence-corrected chi connectivity index (χ1v) is 9.08. The van der Waals surface area contributed by atoms with Crippen molar-refractivity contribution < 1.29 is 9.47 Å². The lowest BCUT2D eigenvalue weighted by Gasteiger charge is -2.12. The van der Waals surface area contributed by atoms with Crippen molar-refractivity contribution >= 4 is 5.96 Å². The maximum atomic E-state index is 5.75. The molecule has 3 N–H and O–H groups in total. The molecular formula is C19H27N5O2. The van der Waals surface area contributed by atoms with E-state index in [0.29, 0.717) is 6.54 Å². The van der Waals surface area contributed by atoms with Gasteiger partial charge in [0.15, 0.2) is 5.96 Å². The largest absolute Gasteiger partial charge is 0.379 e. The van der Waals surface area contributed by atoms with Crippen LogP contribution in [0.15, 0.2) is 41.5 Å². The van der Waals surface area contributed by atoms with Crippen molar-refractivity contribution in [2.45, 2.75) is 25.5 Å². The maximum absolute atomic E-state index is 5.75. The second kappa shape index (κ2) is 9.94. The van der Waals surface area contributed by atoms with Crippen LogP contribution in [-0.2, 0) is 16.0 Å². The first-order valence-electron chi connectivity index (χ1n) is 9.08. The van der Waals surface area contributed by atoms with Crippen molar-refractivity contribution in [1.82, 2.24) is 20.6 Å². The van der Waals surface area contributed by atoms with Crippen LogP contribution in [0.3, 0.4) is 0 Å². The quantitative estimate of drug-likeness (QED) is 0.382.